The largest absolute Gasteiger partial charge is 0.490 e. The van der Waals surface area contributed by atoms with Gasteiger partial charge in [-0.2, -0.15) is 0 Å². The van der Waals surface area contributed by atoms with Crippen LogP contribution in [0, 0.1) is 6.92 Å². The quantitative estimate of drug-likeness (QED) is 0.830. The number of fused-ring (bicyclic) bond motifs is 4. The Labute approximate surface area is 153 Å². The molecule has 2 aromatic carbocycles. The van der Waals surface area contributed by atoms with Crippen LogP contribution in [-0.4, -0.2) is 17.4 Å². The lowest BCUT2D eigenvalue weighted by atomic mass is 9.90. The molecule has 0 aliphatic carbocycles. The number of anilines is 1. The molecular weight excluding hydrogens is 332 g/mol. The van der Waals surface area contributed by atoms with Crippen molar-refractivity contribution in [2.45, 2.75) is 39.0 Å². The number of rotatable bonds is 3. The van der Waals surface area contributed by atoms with Gasteiger partial charge in [-0.1, -0.05) is 24.3 Å². The van der Waals surface area contributed by atoms with Crippen LogP contribution in [0.4, 0.5) is 5.69 Å². The molecule has 0 aromatic heterocycles. The van der Waals surface area contributed by atoms with E-state index >= 15 is 0 Å². The first kappa shape index (κ1) is 16.2. The number of hydrogen-bond donors (Lipinski definition) is 1. The van der Waals surface area contributed by atoms with Crippen molar-refractivity contribution in [1.82, 2.24) is 5.32 Å². The number of hydrogen-bond acceptors (Lipinski definition) is 3. The number of ether oxygens (including phenoxy) is 2. The zero-order valence-corrected chi connectivity index (χ0v) is 15.5. The van der Waals surface area contributed by atoms with Gasteiger partial charge in [-0.3, -0.25) is 4.90 Å². The van der Waals surface area contributed by atoms with Crippen molar-refractivity contribution in [1.29, 1.82) is 0 Å². The summed E-state index contributed by atoms with van der Waals surface area (Å²) in [4.78, 5) is 2.08. The van der Waals surface area contributed by atoms with E-state index in [-0.39, 0.29) is 6.04 Å². The minimum atomic E-state index is -0.555. The summed E-state index contributed by atoms with van der Waals surface area (Å²) in [6.45, 7) is 6.77. The molecule has 4 rings (SSSR count). The van der Waals surface area contributed by atoms with E-state index in [1.54, 1.807) is 0 Å². The Morgan fingerprint density at radius 1 is 1.32 bits per heavy atom. The Kier molecular flexibility index (Phi) is 3.84. The summed E-state index contributed by atoms with van der Waals surface area (Å²) in [6, 6.07) is 14.5. The van der Waals surface area contributed by atoms with E-state index in [0.717, 1.165) is 29.2 Å². The van der Waals surface area contributed by atoms with Gasteiger partial charge in [0.05, 0.1) is 12.6 Å². The third-order valence-corrected chi connectivity index (χ3v) is 5.12. The fourth-order valence-electron chi connectivity index (χ4n) is 3.79. The summed E-state index contributed by atoms with van der Waals surface area (Å²) in [5.74, 6) is 1.60. The Bertz CT molecular complexity index is 838. The van der Waals surface area contributed by atoms with Gasteiger partial charge < -0.3 is 14.8 Å². The Hall–Kier alpha value is -2.27. The Balaban J connectivity index is 1.81. The number of nitrogens with zero attached hydrogens (tertiary/aromatic N) is 1. The van der Waals surface area contributed by atoms with E-state index in [4.69, 9.17) is 21.7 Å². The third-order valence-electron chi connectivity index (χ3n) is 4.82. The summed E-state index contributed by atoms with van der Waals surface area (Å²) in [6.07, 6.45) is 0.809. The average molecular weight is 354 g/mol. The first-order valence-electron chi connectivity index (χ1n) is 8.64. The molecule has 5 heteroatoms. The lowest BCUT2D eigenvalue weighted by molar-refractivity contribution is 0.0457. The maximum atomic E-state index is 6.52. The van der Waals surface area contributed by atoms with Gasteiger partial charge in [0.15, 0.2) is 22.3 Å². The monoisotopic (exact) mass is 354 g/mol. The molecule has 2 aliphatic heterocycles. The molecule has 2 bridgehead atoms. The third kappa shape index (κ3) is 2.63. The van der Waals surface area contributed by atoms with Crippen molar-refractivity contribution in [3.05, 3.63) is 53.6 Å². The lowest BCUT2D eigenvalue weighted by Crippen LogP contribution is -2.65. The molecule has 130 valence electrons. The first-order chi connectivity index (χ1) is 12.0. The van der Waals surface area contributed by atoms with Gasteiger partial charge >= 0.3 is 0 Å². The van der Waals surface area contributed by atoms with Crippen molar-refractivity contribution < 1.29 is 9.47 Å². The maximum Gasteiger partial charge on any atom is 0.188 e. The number of thiocarbonyl (C=S) groups is 1. The summed E-state index contributed by atoms with van der Waals surface area (Å²) in [5, 5.41) is 4.18. The molecule has 2 atom stereocenters. The van der Waals surface area contributed by atoms with Gasteiger partial charge in [-0.25, -0.2) is 0 Å². The molecule has 2 aromatic rings. The summed E-state index contributed by atoms with van der Waals surface area (Å²) < 4.78 is 12.3. The van der Waals surface area contributed by atoms with Crippen LogP contribution in [0.2, 0.25) is 0 Å². The lowest BCUT2D eigenvalue weighted by Gasteiger charge is -2.52. The molecule has 2 heterocycles. The van der Waals surface area contributed by atoms with E-state index in [9.17, 15) is 0 Å². The predicted molar refractivity (Wildman–Crippen MR) is 103 cm³/mol. The van der Waals surface area contributed by atoms with Crippen LogP contribution in [0.3, 0.4) is 0 Å². The van der Waals surface area contributed by atoms with Crippen LogP contribution in [0.15, 0.2) is 42.5 Å². The van der Waals surface area contributed by atoms with Crippen molar-refractivity contribution >= 4 is 23.0 Å². The predicted octanol–water partition coefficient (Wildman–Crippen LogP) is 4.33. The van der Waals surface area contributed by atoms with Crippen LogP contribution in [0.25, 0.3) is 0 Å². The zero-order chi connectivity index (χ0) is 17.6. The molecule has 4 nitrogen and oxygen atoms in total. The molecule has 25 heavy (non-hydrogen) atoms. The van der Waals surface area contributed by atoms with Crippen molar-refractivity contribution in [3.8, 4) is 11.5 Å². The highest BCUT2D eigenvalue weighted by Gasteiger charge is 2.49. The van der Waals surface area contributed by atoms with Crippen LogP contribution in [0.1, 0.15) is 37.4 Å². The molecule has 1 saturated heterocycles. The minimum absolute atomic E-state index is 0.128. The van der Waals surface area contributed by atoms with E-state index < -0.39 is 5.72 Å². The molecule has 0 spiro atoms. The van der Waals surface area contributed by atoms with E-state index in [1.165, 1.54) is 5.56 Å². The molecule has 2 aliphatic rings. The second kappa shape index (κ2) is 5.92. The topological polar surface area (TPSA) is 33.7 Å². The highest BCUT2D eigenvalue weighted by Crippen LogP contribution is 2.49. The number of benzene rings is 2. The fourth-order valence-corrected chi connectivity index (χ4v) is 4.23. The molecule has 0 radical (unpaired) electrons. The second-order valence-corrected chi connectivity index (χ2v) is 7.15. The van der Waals surface area contributed by atoms with Crippen LogP contribution in [0.5, 0.6) is 11.5 Å². The van der Waals surface area contributed by atoms with Gasteiger partial charge in [-0.05, 0) is 56.8 Å². The standard InChI is InChI=1S/C20H22N2O2S/c1-4-23-17-10-6-9-15-16-12-20(3,24-18(15)17)22(19(25)21-16)14-8-5-7-13(2)11-14/h5-11,16H,4,12H2,1-3H3,(H,21,25)/t16-,20-/m0/s1. The van der Waals surface area contributed by atoms with Gasteiger partial charge in [0, 0.05) is 17.7 Å². The van der Waals surface area contributed by atoms with Crippen molar-refractivity contribution in [3.63, 3.8) is 0 Å². The van der Waals surface area contributed by atoms with E-state index in [2.05, 4.69) is 48.3 Å². The number of para-hydroxylation sites is 1. The van der Waals surface area contributed by atoms with Crippen LogP contribution in [-0.2, 0) is 0 Å². The van der Waals surface area contributed by atoms with Crippen LogP contribution >= 0.6 is 12.2 Å². The average Bonchev–Trinajstić information content (AvgIpc) is 2.55. The maximum absolute atomic E-state index is 6.52. The first-order valence-corrected chi connectivity index (χ1v) is 9.05. The zero-order valence-electron chi connectivity index (χ0n) is 14.7. The van der Waals surface area contributed by atoms with Crippen molar-refractivity contribution in [2.24, 2.45) is 0 Å². The summed E-state index contributed by atoms with van der Waals surface area (Å²) in [5.41, 5.74) is 2.78. The normalized spacial score (nSPS) is 24.2. The molecule has 0 saturated carbocycles. The van der Waals surface area contributed by atoms with Gasteiger partial charge in [0.2, 0.25) is 0 Å². The smallest absolute Gasteiger partial charge is 0.188 e. The second-order valence-electron chi connectivity index (χ2n) is 6.77. The van der Waals surface area contributed by atoms with Crippen LogP contribution < -0.4 is 19.7 Å². The number of aryl methyl sites for hydroxylation is 1. The van der Waals surface area contributed by atoms with E-state index in [0.29, 0.717) is 11.7 Å². The summed E-state index contributed by atoms with van der Waals surface area (Å²) >= 11 is 5.70. The molecule has 1 N–H and O–H groups in total. The molecule has 0 amide bonds. The SMILES string of the molecule is CCOc1cccc2c1O[C@@]1(C)C[C@@H]2NC(=S)N1c1cccc(C)c1. The van der Waals surface area contributed by atoms with Gasteiger partial charge in [0.1, 0.15) is 0 Å². The van der Waals surface area contributed by atoms with E-state index in [1.807, 2.05) is 25.1 Å². The highest BCUT2D eigenvalue weighted by atomic mass is 32.1. The minimum Gasteiger partial charge on any atom is -0.490 e. The number of nitrogens with one attached hydrogen (secondary N) is 1. The summed E-state index contributed by atoms with van der Waals surface area (Å²) in [7, 11) is 0. The Morgan fingerprint density at radius 3 is 2.88 bits per heavy atom. The van der Waals surface area contributed by atoms with Gasteiger partial charge in [0.25, 0.3) is 0 Å². The highest BCUT2D eigenvalue weighted by molar-refractivity contribution is 7.80. The fraction of sp³-hybridized carbons (Fsp3) is 0.350. The van der Waals surface area contributed by atoms with Gasteiger partial charge in [-0.15, -0.1) is 0 Å². The molecular formula is C20H22N2O2S. The van der Waals surface area contributed by atoms with Crippen molar-refractivity contribution in [2.75, 3.05) is 11.5 Å². The Morgan fingerprint density at radius 2 is 2.12 bits per heavy atom. The molecule has 1 fully saturated rings. The molecule has 0 unspecified atom stereocenters.